The third kappa shape index (κ3) is 2.06. The van der Waals surface area contributed by atoms with Gasteiger partial charge in [0.25, 0.3) is 0 Å². The second-order valence-corrected chi connectivity index (χ2v) is 2.19. The van der Waals surface area contributed by atoms with E-state index in [2.05, 4.69) is 0 Å². The van der Waals surface area contributed by atoms with Gasteiger partial charge >= 0.3 is 0 Å². The maximum absolute atomic E-state index is 11.2. The summed E-state index contributed by atoms with van der Waals surface area (Å²) in [7, 11) is 0. The second kappa shape index (κ2) is 4.09. The largest absolute Gasteiger partial charge is 0.289 e. The van der Waals surface area contributed by atoms with E-state index in [0.717, 1.165) is 0 Å². The minimum absolute atomic E-state index is 0.142. The van der Waals surface area contributed by atoms with Gasteiger partial charge in [-0.15, -0.1) is 0 Å². The molecule has 1 rings (SSSR count). The third-order valence-corrected chi connectivity index (χ3v) is 1.37. The molecule has 1 aromatic rings. The predicted octanol–water partition coefficient (Wildman–Crippen LogP) is 1.95. The van der Waals surface area contributed by atoms with Gasteiger partial charge in [-0.05, 0) is 6.08 Å². The fraction of sp³-hybridized carbons (Fsp3) is 0. The Balaban J connectivity index is 2.81. The number of allylic oxidation sites excluding steroid dienone is 2. The molecular formula is C10H7NO. The lowest BCUT2D eigenvalue weighted by atomic mass is 10.1. The molecule has 2 heteroatoms. The molecule has 0 amide bonds. The van der Waals surface area contributed by atoms with Crippen LogP contribution in [0.1, 0.15) is 10.4 Å². The Morgan fingerprint density at radius 3 is 2.58 bits per heavy atom. The highest BCUT2D eigenvalue weighted by Gasteiger charge is 1.97. The van der Waals surface area contributed by atoms with E-state index in [9.17, 15) is 4.79 Å². The van der Waals surface area contributed by atoms with Crippen LogP contribution in [0.2, 0.25) is 0 Å². The molecule has 0 heterocycles. The van der Waals surface area contributed by atoms with Crippen LogP contribution in [-0.4, -0.2) is 5.78 Å². The Morgan fingerprint density at radius 1 is 1.33 bits per heavy atom. The fourth-order valence-corrected chi connectivity index (χ4v) is 0.812. The van der Waals surface area contributed by atoms with E-state index in [-0.39, 0.29) is 5.78 Å². The second-order valence-electron chi connectivity index (χ2n) is 2.19. The van der Waals surface area contributed by atoms with Crippen molar-refractivity contribution in [3.05, 3.63) is 48.0 Å². The summed E-state index contributed by atoms with van der Waals surface area (Å²) in [6.45, 7) is 0. The van der Waals surface area contributed by atoms with E-state index in [1.165, 1.54) is 12.2 Å². The standard InChI is InChI=1S/C10H7NO/c11-8-4-7-10(12)9-5-2-1-3-6-9/h1-7H/b7-4-. The molecule has 0 saturated heterocycles. The molecule has 0 spiro atoms. The molecule has 0 atom stereocenters. The normalized spacial score (nSPS) is 9.58. The first-order valence-corrected chi connectivity index (χ1v) is 3.50. The van der Waals surface area contributed by atoms with Gasteiger partial charge in [0.05, 0.1) is 6.07 Å². The summed E-state index contributed by atoms with van der Waals surface area (Å²) >= 11 is 0. The van der Waals surface area contributed by atoms with Crippen LogP contribution in [0.3, 0.4) is 0 Å². The van der Waals surface area contributed by atoms with Crippen LogP contribution < -0.4 is 0 Å². The summed E-state index contributed by atoms with van der Waals surface area (Å²) in [5, 5.41) is 8.17. The molecule has 58 valence electrons. The zero-order valence-corrected chi connectivity index (χ0v) is 6.40. The van der Waals surface area contributed by atoms with Crippen LogP contribution in [0.4, 0.5) is 0 Å². The van der Waals surface area contributed by atoms with Crippen molar-refractivity contribution in [1.29, 1.82) is 5.26 Å². The van der Waals surface area contributed by atoms with E-state index >= 15 is 0 Å². The predicted molar refractivity (Wildman–Crippen MR) is 45.5 cm³/mol. The highest BCUT2D eigenvalue weighted by molar-refractivity contribution is 6.04. The van der Waals surface area contributed by atoms with Crippen molar-refractivity contribution in [3.8, 4) is 6.07 Å². The molecule has 0 aromatic heterocycles. The number of ketones is 1. The molecule has 0 saturated carbocycles. The Morgan fingerprint density at radius 2 is 2.00 bits per heavy atom. The Bertz CT molecular complexity index is 333. The zero-order valence-electron chi connectivity index (χ0n) is 6.40. The highest BCUT2D eigenvalue weighted by Crippen LogP contribution is 1.99. The quantitative estimate of drug-likeness (QED) is 0.374. The van der Waals surface area contributed by atoms with Crippen LogP contribution in [0.5, 0.6) is 0 Å². The molecule has 0 aliphatic carbocycles. The molecule has 2 nitrogen and oxygen atoms in total. The summed E-state index contributed by atoms with van der Waals surface area (Å²) in [6, 6.07) is 10.6. The van der Waals surface area contributed by atoms with Gasteiger partial charge in [-0.25, -0.2) is 0 Å². The lowest BCUT2D eigenvalue weighted by molar-refractivity contribution is 0.104. The molecule has 0 fully saturated rings. The highest BCUT2D eigenvalue weighted by atomic mass is 16.1. The van der Waals surface area contributed by atoms with Crippen molar-refractivity contribution in [2.24, 2.45) is 0 Å². The Kier molecular flexibility index (Phi) is 2.80. The number of carbonyl (C=O) groups is 1. The van der Waals surface area contributed by atoms with E-state index < -0.39 is 0 Å². The third-order valence-electron chi connectivity index (χ3n) is 1.37. The number of benzene rings is 1. The van der Waals surface area contributed by atoms with E-state index in [0.29, 0.717) is 5.56 Å². The van der Waals surface area contributed by atoms with Crippen molar-refractivity contribution in [2.75, 3.05) is 0 Å². The van der Waals surface area contributed by atoms with Gasteiger partial charge in [0.2, 0.25) is 0 Å². The number of hydrogen-bond acceptors (Lipinski definition) is 2. The van der Waals surface area contributed by atoms with Crippen LogP contribution >= 0.6 is 0 Å². The summed E-state index contributed by atoms with van der Waals surface area (Å²) < 4.78 is 0. The number of carbonyl (C=O) groups excluding carboxylic acids is 1. The molecule has 0 radical (unpaired) electrons. The molecule has 0 aliphatic heterocycles. The molecule has 0 aliphatic rings. The van der Waals surface area contributed by atoms with Gasteiger partial charge in [-0.2, -0.15) is 5.26 Å². The van der Waals surface area contributed by atoms with Gasteiger partial charge in [0.15, 0.2) is 5.78 Å². The lowest BCUT2D eigenvalue weighted by Crippen LogP contribution is -1.92. The Labute approximate surface area is 70.8 Å². The first-order chi connectivity index (χ1) is 5.84. The van der Waals surface area contributed by atoms with Crippen molar-refractivity contribution >= 4 is 5.78 Å². The average molecular weight is 157 g/mol. The van der Waals surface area contributed by atoms with Gasteiger partial charge in [0, 0.05) is 11.6 Å². The number of nitrogens with zero attached hydrogens (tertiary/aromatic N) is 1. The van der Waals surface area contributed by atoms with Gasteiger partial charge in [-0.1, -0.05) is 30.3 Å². The smallest absolute Gasteiger partial charge is 0.186 e. The minimum atomic E-state index is -0.142. The maximum Gasteiger partial charge on any atom is 0.186 e. The maximum atomic E-state index is 11.2. The van der Waals surface area contributed by atoms with Crippen LogP contribution in [0.15, 0.2) is 42.5 Å². The van der Waals surface area contributed by atoms with Crippen LogP contribution in [-0.2, 0) is 0 Å². The molecular weight excluding hydrogens is 150 g/mol. The van der Waals surface area contributed by atoms with Gasteiger partial charge < -0.3 is 0 Å². The van der Waals surface area contributed by atoms with Crippen LogP contribution in [0.25, 0.3) is 0 Å². The van der Waals surface area contributed by atoms with Gasteiger partial charge in [-0.3, -0.25) is 4.79 Å². The van der Waals surface area contributed by atoms with Crippen molar-refractivity contribution < 1.29 is 4.79 Å². The van der Waals surface area contributed by atoms with Crippen molar-refractivity contribution in [2.45, 2.75) is 0 Å². The zero-order chi connectivity index (χ0) is 8.81. The van der Waals surface area contributed by atoms with Crippen LogP contribution in [0, 0.1) is 11.3 Å². The number of rotatable bonds is 2. The average Bonchev–Trinajstić information content (AvgIpc) is 2.15. The van der Waals surface area contributed by atoms with Gasteiger partial charge in [0.1, 0.15) is 0 Å². The topological polar surface area (TPSA) is 40.9 Å². The van der Waals surface area contributed by atoms with Crippen molar-refractivity contribution in [1.82, 2.24) is 0 Å². The van der Waals surface area contributed by atoms with E-state index in [1.807, 2.05) is 6.07 Å². The molecule has 12 heavy (non-hydrogen) atoms. The molecule has 0 N–H and O–H groups in total. The Hall–Kier alpha value is -1.88. The van der Waals surface area contributed by atoms with E-state index in [1.54, 1.807) is 30.3 Å². The summed E-state index contributed by atoms with van der Waals surface area (Å²) in [5.74, 6) is -0.142. The molecule has 0 unspecified atom stereocenters. The minimum Gasteiger partial charge on any atom is -0.289 e. The van der Waals surface area contributed by atoms with E-state index in [4.69, 9.17) is 5.26 Å². The first-order valence-electron chi connectivity index (χ1n) is 3.50. The van der Waals surface area contributed by atoms with Crippen molar-refractivity contribution in [3.63, 3.8) is 0 Å². The first kappa shape index (κ1) is 8.22. The summed E-state index contributed by atoms with van der Waals surface area (Å²) in [4.78, 5) is 11.2. The SMILES string of the molecule is N#C/C=C\C(=O)c1ccccc1. The summed E-state index contributed by atoms with van der Waals surface area (Å²) in [6.07, 6.45) is 2.44. The lowest BCUT2D eigenvalue weighted by Gasteiger charge is -1.91. The fourth-order valence-electron chi connectivity index (χ4n) is 0.812. The monoisotopic (exact) mass is 157 g/mol. The summed E-state index contributed by atoms with van der Waals surface area (Å²) in [5.41, 5.74) is 0.601. The molecule has 0 bridgehead atoms. The molecule has 1 aromatic carbocycles. The number of hydrogen-bond donors (Lipinski definition) is 0. The number of nitriles is 1.